The molecular formula is C13H26N4. The summed E-state index contributed by atoms with van der Waals surface area (Å²) in [6, 6.07) is 0.485. The summed E-state index contributed by atoms with van der Waals surface area (Å²) in [7, 11) is 0. The van der Waals surface area contributed by atoms with Gasteiger partial charge in [-0.3, -0.25) is 5.43 Å². The van der Waals surface area contributed by atoms with Gasteiger partial charge in [0, 0.05) is 13.1 Å². The van der Waals surface area contributed by atoms with Crippen molar-refractivity contribution in [3.8, 4) is 0 Å². The first-order valence-electron chi connectivity index (χ1n) is 6.90. The quantitative estimate of drug-likeness (QED) is 0.317. The highest BCUT2D eigenvalue weighted by molar-refractivity contribution is 5.79. The molecule has 2 rings (SSSR count). The van der Waals surface area contributed by atoms with Crippen molar-refractivity contribution in [1.82, 2.24) is 10.3 Å². The summed E-state index contributed by atoms with van der Waals surface area (Å²) in [5.74, 6) is 6.54. The van der Waals surface area contributed by atoms with Crippen LogP contribution in [-0.4, -0.2) is 30.0 Å². The van der Waals surface area contributed by atoms with Crippen LogP contribution in [0.5, 0.6) is 0 Å². The van der Waals surface area contributed by atoms with Crippen LogP contribution in [0.2, 0.25) is 0 Å². The SMILES string of the molecule is CC1(C)CCN(C(=NC2CCCCC2)NN)C1. The molecule has 1 heterocycles. The van der Waals surface area contributed by atoms with Gasteiger partial charge in [0.2, 0.25) is 5.96 Å². The van der Waals surface area contributed by atoms with Crippen molar-refractivity contribution in [1.29, 1.82) is 0 Å². The van der Waals surface area contributed by atoms with Gasteiger partial charge in [-0.25, -0.2) is 10.8 Å². The fraction of sp³-hybridized carbons (Fsp3) is 0.923. The zero-order valence-electron chi connectivity index (χ0n) is 11.2. The van der Waals surface area contributed by atoms with Crippen LogP contribution in [0.3, 0.4) is 0 Å². The first kappa shape index (κ1) is 12.7. The Morgan fingerprint density at radius 2 is 2.00 bits per heavy atom. The molecule has 4 heteroatoms. The molecule has 0 atom stereocenters. The molecule has 2 aliphatic rings. The van der Waals surface area contributed by atoms with Gasteiger partial charge in [-0.1, -0.05) is 33.1 Å². The van der Waals surface area contributed by atoms with Crippen molar-refractivity contribution in [3.63, 3.8) is 0 Å². The maximum absolute atomic E-state index is 5.64. The Bertz CT molecular complexity index is 279. The smallest absolute Gasteiger partial charge is 0.208 e. The van der Waals surface area contributed by atoms with E-state index >= 15 is 0 Å². The van der Waals surface area contributed by atoms with Gasteiger partial charge in [-0.05, 0) is 24.7 Å². The van der Waals surface area contributed by atoms with Gasteiger partial charge in [0.1, 0.15) is 0 Å². The molecule has 1 aliphatic heterocycles. The molecule has 0 radical (unpaired) electrons. The Balaban J connectivity index is 1.98. The third kappa shape index (κ3) is 3.35. The van der Waals surface area contributed by atoms with E-state index < -0.39 is 0 Å². The van der Waals surface area contributed by atoms with Crippen LogP contribution < -0.4 is 11.3 Å². The van der Waals surface area contributed by atoms with E-state index in [1.54, 1.807) is 0 Å². The normalized spacial score (nSPS) is 26.3. The lowest BCUT2D eigenvalue weighted by Gasteiger charge is -2.25. The predicted molar refractivity (Wildman–Crippen MR) is 71.6 cm³/mol. The number of likely N-dealkylation sites (tertiary alicyclic amines) is 1. The standard InChI is InChI=1S/C13H26N4/c1-13(2)8-9-17(10-13)12(16-14)15-11-6-4-3-5-7-11/h11H,3-10,14H2,1-2H3,(H,15,16). The summed E-state index contributed by atoms with van der Waals surface area (Å²) < 4.78 is 0. The van der Waals surface area contributed by atoms with Crippen molar-refractivity contribution in [2.24, 2.45) is 16.3 Å². The monoisotopic (exact) mass is 238 g/mol. The van der Waals surface area contributed by atoms with Gasteiger partial charge in [-0.2, -0.15) is 0 Å². The second kappa shape index (κ2) is 5.25. The van der Waals surface area contributed by atoms with E-state index in [2.05, 4.69) is 24.2 Å². The van der Waals surface area contributed by atoms with Crippen molar-refractivity contribution in [2.75, 3.05) is 13.1 Å². The maximum Gasteiger partial charge on any atom is 0.208 e. The second-order valence-corrected chi connectivity index (χ2v) is 6.22. The molecule has 1 saturated carbocycles. The van der Waals surface area contributed by atoms with Gasteiger partial charge < -0.3 is 4.90 Å². The molecule has 0 amide bonds. The van der Waals surface area contributed by atoms with Crippen LogP contribution in [0.25, 0.3) is 0 Å². The third-order valence-electron chi connectivity index (χ3n) is 3.99. The predicted octanol–water partition coefficient (Wildman–Crippen LogP) is 1.87. The molecule has 0 unspecified atom stereocenters. The molecular weight excluding hydrogens is 212 g/mol. The Labute approximate surface area is 105 Å². The lowest BCUT2D eigenvalue weighted by atomic mass is 9.93. The van der Waals surface area contributed by atoms with Gasteiger partial charge in [-0.15, -0.1) is 0 Å². The molecule has 0 spiro atoms. The van der Waals surface area contributed by atoms with E-state index in [1.165, 1.54) is 38.5 Å². The van der Waals surface area contributed by atoms with Crippen LogP contribution in [0.4, 0.5) is 0 Å². The molecule has 0 aromatic heterocycles. The highest BCUT2D eigenvalue weighted by atomic mass is 15.4. The van der Waals surface area contributed by atoms with E-state index in [1.807, 2.05) is 0 Å². The molecule has 17 heavy (non-hydrogen) atoms. The fourth-order valence-electron chi connectivity index (χ4n) is 2.89. The van der Waals surface area contributed by atoms with E-state index in [0.29, 0.717) is 11.5 Å². The summed E-state index contributed by atoms with van der Waals surface area (Å²) in [5, 5.41) is 0. The number of hydrogen-bond donors (Lipinski definition) is 2. The van der Waals surface area contributed by atoms with E-state index in [-0.39, 0.29) is 0 Å². The average Bonchev–Trinajstić information content (AvgIpc) is 2.68. The number of nitrogens with two attached hydrogens (primary N) is 1. The van der Waals surface area contributed by atoms with E-state index in [4.69, 9.17) is 10.8 Å². The minimum Gasteiger partial charge on any atom is -0.341 e. The number of rotatable bonds is 1. The molecule has 1 saturated heterocycles. The zero-order valence-corrected chi connectivity index (χ0v) is 11.2. The van der Waals surface area contributed by atoms with Crippen molar-refractivity contribution < 1.29 is 0 Å². The van der Waals surface area contributed by atoms with Crippen molar-refractivity contribution >= 4 is 5.96 Å². The largest absolute Gasteiger partial charge is 0.341 e. The third-order valence-corrected chi connectivity index (χ3v) is 3.99. The van der Waals surface area contributed by atoms with Crippen LogP contribution in [0, 0.1) is 5.41 Å². The number of hydrogen-bond acceptors (Lipinski definition) is 2. The van der Waals surface area contributed by atoms with Crippen LogP contribution in [-0.2, 0) is 0 Å². The fourth-order valence-corrected chi connectivity index (χ4v) is 2.89. The van der Waals surface area contributed by atoms with Gasteiger partial charge in [0.15, 0.2) is 0 Å². The lowest BCUT2D eigenvalue weighted by Crippen LogP contribution is -2.45. The number of hydrazine groups is 1. The molecule has 1 aliphatic carbocycles. The summed E-state index contributed by atoms with van der Waals surface area (Å²) in [6.45, 7) is 6.75. The average molecular weight is 238 g/mol. The van der Waals surface area contributed by atoms with Crippen LogP contribution in [0.1, 0.15) is 52.4 Å². The number of nitrogens with zero attached hydrogens (tertiary/aromatic N) is 2. The molecule has 3 N–H and O–H groups in total. The van der Waals surface area contributed by atoms with Gasteiger partial charge in [0.05, 0.1) is 6.04 Å². The Morgan fingerprint density at radius 1 is 1.29 bits per heavy atom. The minimum atomic E-state index is 0.393. The zero-order chi connectivity index (χ0) is 12.3. The lowest BCUT2D eigenvalue weighted by molar-refractivity contribution is 0.366. The molecule has 0 aromatic rings. The first-order valence-corrected chi connectivity index (χ1v) is 6.90. The van der Waals surface area contributed by atoms with Crippen molar-refractivity contribution in [3.05, 3.63) is 0 Å². The van der Waals surface area contributed by atoms with Crippen LogP contribution >= 0.6 is 0 Å². The Kier molecular flexibility index (Phi) is 3.92. The van der Waals surface area contributed by atoms with Crippen molar-refractivity contribution in [2.45, 2.75) is 58.4 Å². The highest BCUT2D eigenvalue weighted by Crippen LogP contribution is 2.29. The van der Waals surface area contributed by atoms with E-state index in [9.17, 15) is 0 Å². The summed E-state index contributed by atoms with van der Waals surface area (Å²) >= 11 is 0. The molecule has 2 fully saturated rings. The topological polar surface area (TPSA) is 53.6 Å². The number of nitrogens with one attached hydrogen (secondary N) is 1. The molecule has 4 nitrogen and oxygen atoms in total. The number of guanidine groups is 1. The molecule has 98 valence electrons. The summed E-state index contributed by atoms with van der Waals surface area (Å²) in [5.41, 5.74) is 3.20. The summed E-state index contributed by atoms with van der Waals surface area (Å²) in [4.78, 5) is 7.11. The first-order chi connectivity index (χ1) is 8.11. The Morgan fingerprint density at radius 3 is 2.53 bits per heavy atom. The van der Waals surface area contributed by atoms with E-state index in [0.717, 1.165) is 19.0 Å². The Hall–Kier alpha value is -0.770. The minimum absolute atomic E-state index is 0.393. The highest BCUT2D eigenvalue weighted by Gasteiger charge is 2.31. The maximum atomic E-state index is 5.64. The second-order valence-electron chi connectivity index (χ2n) is 6.22. The molecule has 0 bridgehead atoms. The van der Waals surface area contributed by atoms with Crippen LogP contribution in [0.15, 0.2) is 4.99 Å². The summed E-state index contributed by atoms with van der Waals surface area (Å²) in [6.07, 6.45) is 7.67. The number of aliphatic imine (C=N–C) groups is 1. The van der Waals surface area contributed by atoms with Gasteiger partial charge >= 0.3 is 0 Å². The molecule has 0 aromatic carbocycles. The van der Waals surface area contributed by atoms with Gasteiger partial charge in [0.25, 0.3) is 0 Å².